The van der Waals surface area contributed by atoms with Crippen LogP contribution in [-0.2, 0) is 11.2 Å². The van der Waals surface area contributed by atoms with E-state index in [4.69, 9.17) is 9.47 Å². The Bertz CT molecular complexity index is 678. The van der Waals surface area contributed by atoms with Crippen molar-refractivity contribution in [1.82, 2.24) is 0 Å². The minimum absolute atomic E-state index is 0.171. The standard InChI is InChI=1S/C18H20FNO3/c1-12-4-6-14(10-17(12)19)20-18(21)7-5-13-8-15(22-2)11-16(9-13)23-3/h4,6,8-11H,5,7H2,1-3H3,(H,20,21). The van der Waals surface area contributed by atoms with Crippen LogP contribution >= 0.6 is 0 Å². The Labute approximate surface area is 135 Å². The molecule has 0 heterocycles. The molecule has 0 aliphatic rings. The molecular formula is C18H20FNO3. The first kappa shape index (κ1) is 16.8. The van der Waals surface area contributed by atoms with Crippen LogP contribution in [0.3, 0.4) is 0 Å². The summed E-state index contributed by atoms with van der Waals surface area (Å²) in [6.07, 6.45) is 0.819. The topological polar surface area (TPSA) is 47.6 Å². The molecule has 0 unspecified atom stereocenters. The van der Waals surface area contributed by atoms with E-state index in [1.165, 1.54) is 6.07 Å². The largest absolute Gasteiger partial charge is 0.497 e. The second-order valence-corrected chi connectivity index (χ2v) is 5.23. The number of hydrogen-bond acceptors (Lipinski definition) is 3. The number of amides is 1. The zero-order valence-electron chi connectivity index (χ0n) is 13.5. The third kappa shape index (κ3) is 4.71. The van der Waals surface area contributed by atoms with Gasteiger partial charge in [0.25, 0.3) is 0 Å². The van der Waals surface area contributed by atoms with Gasteiger partial charge in [0.15, 0.2) is 0 Å². The number of halogens is 1. The van der Waals surface area contributed by atoms with E-state index in [-0.39, 0.29) is 18.1 Å². The summed E-state index contributed by atoms with van der Waals surface area (Å²) in [6.45, 7) is 1.68. The lowest BCUT2D eigenvalue weighted by atomic mass is 10.1. The Kier molecular flexibility index (Phi) is 5.57. The maximum absolute atomic E-state index is 13.5. The monoisotopic (exact) mass is 317 g/mol. The summed E-state index contributed by atoms with van der Waals surface area (Å²) in [5, 5.41) is 2.70. The van der Waals surface area contributed by atoms with Gasteiger partial charge in [-0.3, -0.25) is 4.79 Å². The van der Waals surface area contributed by atoms with Crippen molar-refractivity contribution in [1.29, 1.82) is 0 Å². The van der Waals surface area contributed by atoms with Crippen LogP contribution in [0.2, 0.25) is 0 Å². The van der Waals surface area contributed by atoms with E-state index in [2.05, 4.69) is 5.32 Å². The van der Waals surface area contributed by atoms with Gasteiger partial charge >= 0.3 is 0 Å². The number of ether oxygens (including phenoxy) is 2. The molecule has 1 N–H and O–H groups in total. The van der Waals surface area contributed by atoms with Crippen molar-refractivity contribution < 1.29 is 18.7 Å². The molecule has 5 heteroatoms. The first-order valence-corrected chi connectivity index (χ1v) is 7.30. The van der Waals surface area contributed by atoms with Crippen LogP contribution in [0.25, 0.3) is 0 Å². The third-order valence-corrected chi connectivity index (χ3v) is 3.51. The molecule has 122 valence electrons. The van der Waals surface area contributed by atoms with Gasteiger partial charge in [0, 0.05) is 18.2 Å². The van der Waals surface area contributed by atoms with Crippen LogP contribution in [0, 0.1) is 12.7 Å². The van der Waals surface area contributed by atoms with E-state index in [0.29, 0.717) is 29.2 Å². The summed E-state index contributed by atoms with van der Waals surface area (Å²) >= 11 is 0. The molecule has 0 aliphatic carbocycles. The van der Waals surface area contributed by atoms with Gasteiger partial charge in [-0.15, -0.1) is 0 Å². The van der Waals surface area contributed by atoms with Crippen molar-refractivity contribution in [3.8, 4) is 11.5 Å². The van der Waals surface area contributed by atoms with Crippen molar-refractivity contribution >= 4 is 11.6 Å². The van der Waals surface area contributed by atoms with Gasteiger partial charge in [-0.1, -0.05) is 6.07 Å². The Morgan fingerprint density at radius 2 is 1.74 bits per heavy atom. The van der Waals surface area contributed by atoms with E-state index in [9.17, 15) is 9.18 Å². The van der Waals surface area contributed by atoms with Crippen LogP contribution in [0.15, 0.2) is 36.4 Å². The highest BCUT2D eigenvalue weighted by molar-refractivity contribution is 5.90. The molecule has 0 spiro atoms. The van der Waals surface area contributed by atoms with Gasteiger partial charge in [0.2, 0.25) is 5.91 Å². The molecular weight excluding hydrogens is 297 g/mol. The van der Waals surface area contributed by atoms with Crippen molar-refractivity contribution in [3.63, 3.8) is 0 Å². The minimum atomic E-state index is -0.333. The SMILES string of the molecule is COc1cc(CCC(=O)Nc2ccc(C)c(F)c2)cc(OC)c1. The van der Waals surface area contributed by atoms with Crippen LogP contribution in [0.5, 0.6) is 11.5 Å². The predicted octanol–water partition coefficient (Wildman–Crippen LogP) is 3.72. The van der Waals surface area contributed by atoms with Gasteiger partial charge in [0.05, 0.1) is 14.2 Å². The molecule has 0 saturated heterocycles. The second kappa shape index (κ2) is 7.63. The summed E-state index contributed by atoms with van der Waals surface area (Å²) in [6, 6.07) is 10.1. The summed E-state index contributed by atoms with van der Waals surface area (Å²) in [7, 11) is 3.16. The van der Waals surface area contributed by atoms with Gasteiger partial charge in [-0.05, 0) is 48.7 Å². The van der Waals surface area contributed by atoms with Crippen molar-refractivity contribution in [2.24, 2.45) is 0 Å². The molecule has 2 aromatic carbocycles. The molecule has 0 saturated carbocycles. The van der Waals surface area contributed by atoms with Crippen LogP contribution in [0.1, 0.15) is 17.5 Å². The minimum Gasteiger partial charge on any atom is -0.497 e. The zero-order chi connectivity index (χ0) is 16.8. The highest BCUT2D eigenvalue weighted by Gasteiger charge is 2.07. The fraction of sp³-hybridized carbons (Fsp3) is 0.278. The van der Waals surface area contributed by atoms with Gasteiger partial charge in [-0.2, -0.15) is 0 Å². The number of nitrogens with one attached hydrogen (secondary N) is 1. The lowest BCUT2D eigenvalue weighted by Crippen LogP contribution is -2.12. The smallest absolute Gasteiger partial charge is 0.224 e. The predicted molar refractivity (Wildman–Crippen MR) is 87.6 cm³/mol. The van der Waals surface area contributed by atoms with Crippen molar-refractivity contribution in [3.05, 3.63) is 53.3 Å². The van der Waals surface area contributed by atoms with Gasteiger partial charge < -0.3 is 14.8 Å². The fourth-order valence-electron chi connectivity index (χ4n) is 2.16. The fourth-order valence-corrected chi connectivity index (χ4v) is 2.16. The molecule has 2 aromatic rings. The molecule has 0 bridgehead atoms. The van der Waals surface area contributed by atoms with Crippen LogP contribution < -0.4 is 14.8 Å². The molecule has 0 aliphatic heterocycles. The maximum atomic E-state index is 13.5. The molecule has 0 radical (unpaired) electrons. The number of methoxy groups -OCH3 is 2. The van der Waals surface area contributed by atoms with Gasteiger partial charge in [-0.25, -0.2) is 4.39 Å². The lowest BCUT2D eigenvalue weighted by molar-refractivity contribution is -0.116. The average molecular weight is 317 g/mol. The highest BCUT2D eigenvalue weighted by Crippen LogP contribution is 2.23. The molecule has 0 aromatic heterocycles. The Morgan fingerprint density at radius 3 is 2.30 bits per heavy atom. The van der Waals surface area contributed by atoms with E-state index in [1.54, 1.807) is 39.3 Å². The zero-order valence-corrected chi connectivity index (χ0v) is 13.5. The lowest BCUT2D eigenvalue weighted by Gasteiger charge is -2.09. The molecule has 0 atom stereocenters. The molecule has 4 nitrogen and oxygen atoms in total. The Morgan fingerprint density at radius 1 is 1.09 bits per heavy atom. The van der Waals surface area contributed by atoms with E-state index < -0.39 is 0 Å². The normalized spacial score (nSPS) is 10.3. The van der Waals surface area contributed by atoms with Crippen molar-refractivity contribution in [2.45, 2.75) is 19.8 Å². The number of benzene rings is 2. The Hall–Kier alpha value is -2.56. The van der Waals surface area contributed by atoms with E-state index >= 15 is 0 Å². The third-order valence-electron chi connectivity index (χ3n) is 3.51. The number of carbonyl (C=O) groups is 1. The van der Waals surface area contributed by atoms with E-state index in [0.717, 1.165) is 5.56 Å². The molecule has 1 amide bonds. The number of anilines is 1. The number of aryl methyl sites for hydroxylation is 2. The first-order valence-electron chi connectivity index (χ1n) is 7.30. The quantitative estimate of drug-likeness (QED) is 0.883. The van der Waals surface area contributed by atoms with Crippen molar-refractivity contribution in [2.75, 3.05) is 19.5 Å². The summed E-state index contributed by atoms with van der Waals surface area (Å²) in [5.74, 6) is 0.857. The average Bonchev–Trinajstić information content (AvgIpc) is 2.56. The second-order valence-electron chi connectivity index (χ2n) is 5.23. The van der Waals surface area contributed by atoms with E-state index in [1.807, 2.05) is 12.1 Å². The summed E-state index contributed by atoms with van der Waals surface area (Å²) in [5.41, 5.74) is 1.94. The molecule has 2 rings (SSSR count). The molecule has 0 fully saturated rings. The van der Waals surface area contributed by atoms with Crippen LogP contribution in [-0.4, -0.2) is 20.1 Å². The number of rotatable bonds is 6. The highest BCUT2D eigenvalue weighted by atomic mass is 19.1. The van der Waals surface area contributed by atoms with Gasteiger partial charge in [0.1, 0.15) is 17.3 Å². The van der Waals surface area contributed by atoms with Crippen LogP contribution in [0.4, 0.5) is 10.1 Å². The summed E-state index contributed by atoms with van der Waals surface area (Å²) < 4.78 is 23.9. The molecule has 23 heavy (non-hydrogen) atoms. The number of hydrogen-bond donors (Lipinski definition) is 1. The first-order chi connectivity index (χ1) is 11.0. The number of carbonyl (C=O) groups excluding carboxylic acids is 1. The summed E-state index contributed by atoms with van der Waals surface area (Å²) in [4.78, 5) is 12.0. The maximum Gasteiger partial charge on any atom is 0.224 e. The Balaban J connectivity index is 1.97.